The van der Waals surface area contributed by atoms with E-state index < -0.39 is 0 Å². The van der Waals surface area contributed by atoms with E-state index >= 15 is 0 Å². The first kappa shape index (κ1) is 13.3. The van der Waals surface area contributed by atoms with Gasteiger partial charge in [0.05, 0.1) is 5.56 Å². The van der Waals surface area contributed by atoms with E-state index in [2.05, 4.69) is 6.92 Å². The number of benzene rings is 1. The molecule has 18 heavy (non-hydrogen) atoms. The van der Waals surface area contributed by atoms with Gasteiger partial charge >= 0.3 is 0 Å². The molecular formula is C14H20N2OS. The molecular weight excluding hydrogens is 244 g/mol. The highest BCUT2D eigenvalue weighted by Gasteiger charge is 2.25. The average Bonchev–Trinajstić information content (AvgIpc) is 2.38. The van der Waals surface area contributed by atoms with Gasteiger partial charge in [-0.1, -0.05) is 19.1 Å². The largest absolute Gasteiger partial charge is 0.398 e. The third kappa shape index (κ3) is 2.64. The molecule has 1 atom stereocenters. The zero-order chi connectivity index (χ0) is 13.1. The lowest BCUT2D eigenvalue weighted by Crippen LogP contribution is -2.42. The Morgan fingerprint density at radius 2 is 2.33 bits per heavy atom. The second-order valence-corrected chi connectivity index (χ2v) is 6.10. The van der Waals surface area contributed by atoms with Crippen molar-refractivity contribution in [3.8, 4) is 0 Å². The molecule has 0 spiro atoms. The number of nitrogen functional groups attached to an aromatic ring is 1. The van der Waals surface area contributed by atoms with Crippen LogP contribution in [-0.2, 0) is 0 Å². The standard InChI is InChI=1S/C14H20N2OS/c1-3-11-9-16(7-8-18-11)14(17)13-10(2)5-4-6-12(13)15/h4-6,11H,3,7-9,15H2,1-2H3. The highest BCUT2D eigenvalue weighted by atomic mass is 32.2. The van der Waals surface area contributed by atoms with E-state index in [1.807, 2.05) is 35.7 Å². The Labute approximate surface area is 113 Å². The van der Waals surface area contributed by atoms with Crippen LogP contribution in [0.3, 0.4) is 0 Å². The van der Waals surface area contributed by atoms with Gasteiger partial charge < -0.3 is 10.6 Å². The molecule has 0 radical (unpaired) electrons. The van der Waals surface area contributed by atoms with E-state index in [-0.39, 0.29) is 5.91 Å². The minimum Gasteiger partial charge on any atom is -0.398 e. The molecule has 1 saturated heterocycles. The van der Waals surface area contributed by atoms with E-state index in [4.69, 9.17) is 5.73 Å². The lowest BCUT2D eigenvalue weighted by molar-refractivity contribution is 0.0761. The van der Waals surface area contributed by atoms with Crippen LogP contribution in [-0.4, -0.2) is 34.9 Å². The van der Waals surface area contributed by atoms with Gasteiger partial charge in [0.15, 0.2) is 0 Å². The molecule has 0 bridgehead atoms. The molecule has 1 aromatic carbocycles. The monoisotopic (exact) mass is 264 g/mol. The number of carbonyl (C=O) groups excluding carboxylic acids is 1. The van der Waals surface area contributed by atoms with Crippen molar-refractivity contribution in [3.05, 3.63) is 29.3 Å². The summed E-state index contributed by atoms with van der Waals surface area (Å²) in [5, 5.41) is 0.563. The summed E-state index contributed by atoms with van der Waals surface area (Å²) in [4.78, 5) is 14.5. The Morgan fingerprint density at radius 3 is 3.00 bits per heavy atom. The first-order valence-corrected chi connectivity index (χ1v) is 7.44. The Bertz CT molecular complexity index is 427. The number of nitrogens with two attached hydrogens (primary N) is 1. The molecule has 1 unspecified atom stereocenters. The molecule has 0 saturated carbocycles. The smallest absolute Gasteiger partial charge is 0.256 e. The second-order valence-electron chi connectivity index (χ2n) is 4.69. The SMILES string of the molecule is CCC1CN(C(=O)c2c(C)cccc2N)CCS1. The topological polar surface area (TPSA) is 46.3 Å². The molecule has 1 heterocycles. The fourth-order valence-corrected chi connectivity index (χ4v) is 3.47. The van der Waals surface area contributed by atoms with Gasteiger partial charge in [-0.3, -0.25) is 4.79 Å². The second kappa shape index (κ2) is 5.65. The summed E-state index contributed by atoms with van der Waals surface area (Å²) in [7, 11) is 0. The van der Waals surface area contributed by atoms with Gasteiger partial charge in [-0.05, 0) is 25.0 Å². The van der Waals surface area contributed by atoms with Crippen LogP contribution in [0.5, 0.6) is 0 Å². The maximum atomic E-state index is 12.5. The maximum Gasteiger partial charge on any atom is 0.256 e. The summed E-state index contributed by atoms with van der Waals surface area (Å²) in [5.74, 6) is 1.11. The van der Waals surface area contributed by atoms with Gasteiger partial charge in [-0.15, -0.1) is 0 Å². The average molecular weight is 264 g/mol. The number of hydrogen-bond donors (Lipinski definition) is 1. The van der Waals surface area contributed by atoms with Crippen LogP contribution in [0.1, 0.15) is 29.3 Å². The first-order chi connectivity index (χ1) is 8.63. The molecule has 98 valence electrons. The summed E-state index contributed by atoms with van der Waals surface area (Å²) < 4.78 is 0. The summed E-state index contributed by atoms with van der Waals surface area (Å²) in [6, 6.07) is 5.64. The summed E-state index contributed by atoms with van der Waals surface area (Å²) in [6.45, 7) is 5.79. The fraction of sp³-hybridized carbons (Fsp3) is 0.500. The number of rotatable bonds is 2. The predicted molar refractivity (Wildman–Crippen MR) is 78.0 cm³/mol. The Hall–Kier alpha value is -1.16. The van der Waals surface area contributed by atoms with Crippen molar-refractivity contribution in [2.24, 2.45) is 0 Å². The van der Waals surface area contributed by atoms with E-state index in [0.717, 1.165) is 30.8 Å². The van der Waals surface area contributed by atoms with Gasteiger partial charge in [0, 0.05) is 29.8 Å². The maximum absolute atomic E-state index is 12.5. The van der Waals surface area contributed by atoms with Crippen LogP contribution in [0.15, 0.2) is 18.2 Å². The van der Waals surface area contributed by atoms with Gasteiger partial charge in [0.2, 0.25) is 0 Å². The first-order valence-electron chi connectivity index (χ1n) is 6.39. The zero-order valence-electron chi connectivity index (χ0n) is 11.0. The number of nitrogens with zero attached hydrogens (tertiary/aromatic N) is 1. The molecule has 2 rings (SSSR count). The normalized spacial score (nSPS) is 19.9. The van der Waals surface area contributed by atoms with Crippen LogP contribution < -0.4 is 5.73 Å². The van der Waals surface area contributed by atoms with Gasteiger partial charge in [0.25, 0.3) is 5.91 Å². The number of amides is 1. The lowest BCUT2D eigenvalue weighted by Gasteiger charge is -2.32. The Morgan fingerprint density at radius 1 is 1.56 bits per heavy atom. The number of aryl methyl sites for hydroxylation is 1. The van der Waals surface area contributed by atoms with E-state index in [9.17, 15) is 4.79 Å². The highest BCUT2D eigenvalue weighted by Crippen LogP contribution is 2.25. The molecule has 2 N–H and O–H groups in total. The van der Waals surface area contributed by atoms with E-state index in [0.29, 0.717) is 16.5 Å². The molecule has 0 aliphatic carbocycles. The fourth-order valence-electron chi connectivity index (χ4n) is 2.29. The van der Waals surface area contributed by atoms with Crippen molar-refractivity contribution < 1.29 is 4.79 Å². The van der Waals surface area contributed by atoms with Crippen LogP contribution >= 0.6 is 11.8 Å². The molecule has 1 amide bonds. The Kier molecular flexibility index (Phi) is 4.17. The number of carbonyl (C=O) groups is 1. The van der Waals surface area contributed by atoms with Crippen molar-refractivity contribution >= 4 is 23.4 Å². The van der Waals surface area contributed by atoms with Crippen molar-refractivity contribution in [1.82, 2.24) is 4.90 Å². The van der Waals surface area contributed by atoms with Crippen LogP contribution in [0.2, 0.25) is 0 Å². The summed E-state index contributed by atoms with van der Waals surface area (Å²) in [6.07, 6.45) is 1.11. The van der Waals surface area contributed by atoms with Crippen molar-refractivity contribution in [1.29, 1.82) is 0 Å². The molecule has 1 aliphatic heterocycles. The molecule has 4 heteroatoms. The Balaban J connectivity index is 2.20. The van der Waals surface area contributed by atoms with Gasteiger partial charge in [-0.25, -0.2) is 0 Å². The third-order valence-electron chi connectivity index (χ3n) is 3.40. The van der Waals surface area contributed by atoms with Gasteiger partial charge in [-0.2, -0.15) is 11.8 Å². The van der Waals surface area contributed by atoms with Crippen LogP contribution in [0.4, 0.5) is 5.69 Å². The summed E-state index contributed by atoms with van der Waals surface area (Å²) in [5.41, 5.74) is 8.18. The van der Waals surface area contributed by atoms with Crippen molar-refractivity contribution in [2.75, 3.05) is 24.6 Å². The van der Waals surface area contributed by atoms with E-state index in [1.54, 1.807) is 6.07 Å². The van der Waals surface area contributed by atoms with Crippen LogP contribution in [0, 0.1) is 6.92 Å². The third-order valence-corrected chi connectivity index (χ3v) is 4.77. The zero-order valence-corrected chi connectivity index (χ0v) is 11.8. The van der Waals surface area contributed by atoms with Crippen LogP contribution in [0.25, 0.3) is 0 Å². The molecule has 0 aromatic heterocycles. The van der Waals surface area contributed by atoms with Gasteiger partial charge in [0.1, 0.15) is 0 Å². The predicted octanol–water partition coefficient (Wildman–Crippen LogP) is 2.54. The number of hydrogen-bond acceptors (Lipinski definition) is 3. The molecule has 1 fully saturated rings. The van der Waals surface area contributed by atoms with E-state index in [1.165, 1.54) is 0 Å². The number of anilines is 1. The van der Waals surface area contributed by atoms with Crippen molar-refractivity contribution in [3.63, 3.8) is 0 Å². The van der Waals surface area contributed by atoms with Crippen molar-refractivity contribution in [2.45, 2.75) is 25.5 Å². The molecule has 3 nitrogen and oxygen atoms in total. The quantitative estimate of drug-likeness (QED) is 0.835. The summed E-state index contributed by atoms with van der Waals surface area (Å²) >= 11 is 1.96. The molecule has 1 aliphatic rings. The minimum absolute atomic E-state index is 0.0874. The highest BCUT2D eigenvalue weighted by molar-refractivity contribution is 8.00. The number of thioether (sulfide) groups is 1. The lowest BCUT2D eigenvalue weighted by atomic mass is 10.1. The molecule has 1 aromatic rings. The minimum atomic E-state index is 0.0874.